The molecule has 3 aromatic rings. The van der Waals surface area contributed by atoms with Crippen molar-refractivity contribution in [1.82, 2.24) is 4.98 Å². The molecule has 5 nitrogen and oxygen atoms in total. The summed E-state index contributed by atoms with van der Waals surface area (Å²) in [6, 6.07) is 18.4. The van der Waals surface area contributed by atoms with Gasteiger partial charge in [-0.3, -0.25) is 9.78 Å². The number of nitrogens with zero attached hydrogens (tertiary/aromatic N) is 2. The molecule has 0 bridgehead atoms. The van der Waals surface area contributed by atoms with Crippen LogP contribution in [0.25, 0.3) is 0 Å². The predicted molar refractivity (Wildman–Crippen MR) is 101 cm³/mol. The minimum Gasteiger partial charge on any atom is -0.497 e. The quantitative estimate of drug-likeness (QED) is 0.677. The highest BCUT2D eigenvalue weighted by Crippen LogP contribution is 2.24. The molecule has 0 atom stereocenters. The highest BCUT2D eigenvalue weighted by Gasteiger charge is 2.19. The summed E-state index contributed by atoms with van der Waals surface area (Å²) in [4.78, 5) is 19.0. The molecular formula is C21H20N2O3. The zero-order valence-corrected chi connectivity index (χ0v) is 14.8. The lowest BCUT2D eigenvalue weighted by Gasteiger charge is -2.23. The Morgan fingerprint density at radius 3 is 2.38 bits per heavy atom. The van der Waals surface area contributed by atoms with Crippen LogP contribution in [-0.4, -0.2) is 25.1 Å². The Hall–Kier alpha value is -3.34. The number of rotatable bonds is 6. The third-order valence-electron chi connectivity index (χ3n) is 4.01. The van der Waals surface area contributed by atoms with Gasteiger partial charge in [-0.15, -0.1) is 0 Å². The van der Waals surface area contributed by atoms with Crippen molar-refractivity contribution in [3.63, 3.8) is 0 Å². The molecule has 0 fully saturated rings. The van der Waals surface area contributed by atoms with E-state index in [1.165, 1.54) is 0 Å². The van der Waals surface area contributed by atoms with Crippen LogP contribution in [0, 0.1) is 0 Å². The molecule has 1 heterocycles. The molecule has 26 heavy (non-hydrogen) atoms. The number of methoxy groups -OCH3 is 2. The van der Waals surface area contributed by atoms with Crippen molar-refractivity contribution in [2.45, 2.75) is 6.54 Å². The Balaban J connectivity index is 1.96. The average Bonchev–Trinajstić information content (AvgIpc) is 2.72. The van der Waals surface area contributed by atoms with Crippen molar-refractivity contribution in [2.24, 2.45) is 0 Å². The van der Waals surface area contributed by atoms with Gasteiger partial charge >= 0.3 is 0 Å². The monoisotopic (exact) mass is 348 g/mol. The van der Waals surface area contributed by atoms with Crippen LogP contribution in [0.4, 0.5) is 5.69 Å². The first kappa shape index (κ1) is 17.5. The van der Waals surface area contributed by atoms with E-state index in [-0.39, 0.29) is 5.91 Å². The molecule has 0 saturated heterocycles. The molecular weight excluding hydrogens is 328 g/mol. The number of aromatic nitrogens is 1. The number of ether oxygens (including phenoxy) is 2. The molecule has 132 valence electrons. The van der Waals surface area contributed by atoms with E-state index in [9.17, 15) is 4.79 Å². The van der Waals surface area contributed by atoms with Gasteiger partial charge in [0, 0.05) is 23.6 Å². The number of amides is 1. The maximum atomic E-state index is 13.2. The van der Waals surface area contributed by atoms with Gasteiger partial charge in [0.05, 0.1) is 20.8 Å². The van der Waals surface area contributed by atoms with Crippen LogP contribution in [0.15, 0.2) is 73.1 Å². The van der Waals surface area contributed by atoms with E-state index in [0.717, 1.165) is 17.0 Å². The van der Waals surface area contributed by atoms with Gasteiger partial charge in [0.1, 0.15) is 11.5 Å². The van der Waals surface area contributed by atoms with Gasteiger partial charge in [-0.1, -0.05) is 12.1 Å². The summed E-state index contributed by atoms with van der Waals surface area (Å²) in [6.45, 7) is 0.413. The van der Waals surface area contributed by atoms with Crippen LogP contribution < -0.4 is 14.4 Å². The van der Waals surface area contributed by atoms with Crippen molar-refractivity contribution in [3.8, 4) is 11.5 Å². The Labute approximate surface area is 152 Å². The minimum atomic E-state index is -0.113. The molecule has 0 radical (unpaired) electrons. The standard InChI is InChI=1S/C21H20N2O3/c1-25-19-10-8-18(9-11-19)23(15-16-5-4-12-22-14-16)21(24)17-6-3-7-20(13-17)26-2/h3-14H,15H2,1-2H3. The van der Waals surface area contributed by atoms with Gasteiger partial charge in [0.15, 0.2) is 0 Å². The van der Waals surface area contributed by atoms with Gasteiger partial charge < -0.3 is 14.4 Å². The van der Waals surface area contributed by atoms with Gasteiger partial charge in [-0.05, 0) is 54.1 Å². The van der Waals surface area contributed by atoms with E-state index in [2.05, 4.69) is 4.98 Å². The smallest absolute Gasteiger partial charge is 0.258 e. The molecule has 0 aliphatic heterocycles. The SMILES string of the molecule is COc1ccc(N(Cc2cccnc2)C(=O)c2cccc(OC)c2)cc1. The van der Waals surface area contributed by atoms with Gasteiger partial charge in [-0.25, -0.2) is 0 Å². The van der Waals surface area contributed by atoms with Crippen molar-refractivity contribution < 1.29 is 14.3 Å². The van der Waals surface area contributed by atoms with Crippen molar-refractivity contribution in [1.29, 1.82) is 0 Å². The molecule has 0 aliphatic rings. The second kappa shape index (κ2) is 8.16. The number of pyridine rings is 1. The lowest BCUT2D eigenvalue weighted by atomic mass is 10.1. The molecule has 1 amide bonds. The maximum absolute atomic E-state index is 13.2. The summed E-state index contributed by atoms with van der Waals surface area (Å²) < 4.78 is 10.5. The van der Waals surface area contributed by atoms with Crippen molar-refractivity contribution >= 4 is 11.6 Å². The molecule has 3 rings (SSSR count). The first-order chi connectivity index (χ1) is 12.7. The fraction of sp³-hybridized carbons (Fsp3) is 0.143. The van der Waals surface area contributed by atoms with E-state index in [1.807, 2.05) is 48.5 Å². The zero-order valence-electron chi connectivity index (χ0n) is 14.8. The highest BCUT2D eigenvalue weighted by molar-refractivity contribution is 6.06. The van der Waals surface area contributed by atoms with Crippen LogP contribution in [0.2, 0.25) is 0 Å². The minimum absolute atomic E-state index is 0.113. The van der Waals surface area contributed by atoms with Crippen molar-refractivity contribution in [2.75, 3.05) is 19.1 Å². The summed E-state index contributed by atoms with van der Waals surface area (Å²) in [5, 5.41) is 0. The molecule has 0 spiro atoms. The Bertz CT molecular complexity index is 864. The van der Waals surface area contributed by atoms with Crippen LogP contribution in [0.3, 0.4) is 0 Å². The third-order valence-corrected chi connectivity index (χ3v) is 4.01. The Morgan fingerprint density at radius 2 is 1.73 bits per heavy atom. The Kier molecular flexibility index (Phi) is 5.49. The number of hydrogen-bond acceptors (Lipinski definition) is 4. The summed E-state index contributed by atoms with van der Waals surface area (Å²) in [7, 11) is 3.20. The molecule has 0 unspecified atom stereocenters. The summed E-state index contributed by atoms with van der Waals surface area (Å²) in [5.41, 5.74) is 2.28. The number of anilines is 1. The van der Waals surface area contributed by atoms with Gasteiger partial charge in [-0.2, -0.15) is 0 Å². The number of carbonyl (C=O) groups excluding carboxylic acids is 1. The molecule has 5 heteroatoms. The van der Waals surface area contributed by atoms with E-state index in [1.54, 1.807) is 43.6 Å². The summed E-state index contributed by atoms with van der Waals surface area (Å²) >= 11 is 0. The first-order valence-corrected chi connectivity index (χ1v) is 8.20. The summed E-state index contributed by atoms with van der Waals surface area (Å²) in [5.74, 6) is 1.27. The third kappa shape index (κ3) is 4.00. The van der Waals surface area contributed by atoms with E-state index >= 15 is 0 Å². The maximum Gasteiger partial charge on any atom is 0.258 e. The van der Waals surface area contributed by atoms with E-state index < -0.39 is 0 Å². The first-order valence-electron chi connectivity index (χ1n) is 8.20. The molecule has 0 saturated carbocycles. The topological polar surface area (TPSA) is 51.7 Å². The van der Waals surface area contributed by atoms with E-state index in [0.29, 0.717) is 17.9 Å². The highest BCUT2D eigenvalue weighted by atomic mass is 16.5. The molecule has 0 N–H and O–H groups in total. The van der Waals surface area contributed by atoms with Crippen LogP contribution in [0.5, 0.6) is 11.5 Å². The van der Waals surface area contributed by atoms with Crippen LogP contribution >= 0.6 is 0 Å². The van der Waals surface area contributed by atoms with E-state index in [4.69, 9.17) is 9.47 Å². The number of hydrogen-bond donors (Lipinski definition) is 0. The molecule has 1 aromatic heterocycles. The fourth-order valence-corrected chi connectivity index (χ4v) is 2.63. The largest absolute Gasteiger partial charge is 0.497 e. The fourth-order valence-electron chi connectivity index (χ4n) is 2.63. The number of benzene rings is 2. The lowest BCUT2D eigenvalue weighted by molar-refractivity contribution is 0.0984. The van der Waals surface area contributed by atoms with Crippen LogP contribution in [-0.2, 0) is 6.54 Å². The normalized spacial score (nSPS) is 10.2. The zero-order chi connectivity index (χ0) is 18.4. The second-order valence-corrected chi connectivity index (χ2v) is 5.68. The van der Waals surface area contributed by atoms with Gasteiger partial charge in [0.2, 0.25) is 0 Å². The number of carbonyl (C=O) groups is 1. The predicted octanol–water partition coefficient (Wildman–Crippen LogP) is 3.95. The van der Waals surface area contributed by atoms with Crippen molar-refractivity contribution in [3.05, 3.63) is 84.2 Å². The average molecular weight is 348 g/mol. The Morgan fingerprint density at radius 1 is 0.962 bits per heavy atom. The lowest BCUT2D eigenvalue weighted by Crippen LogP contribution is -2.30. The molecule has 2 aromatic carbocycles. The van der Waals surface area contributed by atoms with Crippen LogP contribution in [0.1, 0.15) is 15.9 Å². The summed E-state index contributed by atoms with van der Waals surface area (Å²) in [6.07, 6.45) is 3.47. The van der Waals surface area contributed by atoms with Gasteiger partial charge in [0.25, 0.3) is 5.91 Å². The molecule has 0 aliphatic carbocycles. The second-order valence-electron chi connectivity index (χ2n) is 5.68.